The maximum atomic E-state index is 11.9. The SMILES string of the molecule is C[C@H](O)C1CCC2C3CCC4=CC(=O)CC[C@]4(C)C3CC[C@@]21C. The van der Waals surface area contributed by atoms with Crippen LogP contribution >= 0.6 is 0 Å². The fourth-order valence-electron chi connectivity index (χ4n) is 7.39. The van der Waals surface area contributed by atoms with Gasteiger partial charge in [0, 0.05) is 6.42 Å². The highest BCUT2D eigenvalue weighted by atomic mass is 16.3. The Labute approximate surface area is 140 Å². The molecule has 0 spiro atoms. The van der Waals surface area contributed by atoms with E-state index in [9.17, 15) is 9.90 Å². The van der Waals surface area contributed by atoms with Gasteiger partial charge in [0.15, 0.2) is 5.78 Å². The Morgan fingerprint density at radius 3 is 2.61 bits per heavy atom. The Kier molecular flexibility index (Phi) is 3.58. The van der Waals surface area contributed by atoms with Crippen LogP contribution in [0.4, 0.5) is 0 Å². The molecule has 4 aliphatic rings. The number of aliphatic hydroxyl groups is 1. The van der Waals surface area contributed by atoms with Crippen molar-refractivity contribution >= 4 is 5.78 Å². The molecule has 0 heterocycles. The first-order valence-corrected chi connectivity index (χ1v) is 9.78. The molecule has 4 rings (SSSR count). The van der Waals surface area contributed by atoms with Gasteiger partial charge >= 0.3 is 0 Å². The van der Waals surface area contributed by atoms with E-state index in [1.807, 2.05) is 13.0 Å². The van der Waals surface area contributed by atoms with Gasteiger partial charge in [0.2, 0.25) is 0 Å². The van der Waals surface area contributed by atoms with Gasteiger partial charge in [-0.15, -0.1) is 0 Å². The van der Waals surface area contributed by atoms with Gasteiger partial charge in [-0.2, -0.15) is 0 Å². The minimum absolute atomic E-state index is 0.163. The summed E-state index contributed by atoms with van der Waals surface area (Å²) in [6.07, 6.45) is 11.1. The molecule has 0 aromatic heterocycles. The summed E-state index contributed by atoms with van der Waals surface area (Å²) in [4.78, 5) is 11.9. The quantitative estimate of drug-likeness (QED) is 0.772. The van der Waals surface area contributed by atoms with Gasteiger partial charge in [0.1, 0.15) is 0 Å². The number of fused-ring (bicyclic) bond motifs is 5. The van der Waals surface area contributed by atoms with E-state index in [0.717, 1.165) is 37.0 Å². The second-order valence-electron chi connectivity index (χ2n) is 9.44. The van der Waals surface area contributed by atoms with Crippen molar-refractivity contribution in [2.45, 2.75) is 78.2 Å². The number of hydrogen-bond donors (Lipinski definition) is 1. The molecule has 4 aliphatic carbocycles. The molecule has 7 atom stereocenters. The standard InChI is InChI=1S/C21H32O2/c1-13(22)17-6-7-18-16-5-4-14-12-15(23)8-10-20(14,2)19(16)9-11-21(17,18)3/h12-13,16-19,22H,4-11H2,1-3H3/t13-,16?,17?,18?,19?,20-,21+/m0/s1. The zero-order chi connectivity index (χ0) is 16.4. The summed E-state index contributed by atoms with van der Waals surface area (Å²) in [5, 5.41) is 10.3. The third kappa shape index (κ3) is 2.13. The Morgan fingerprint density at radius 2 is 1.87 bits per heavy atom. The second kappa shape index (κ2) is 5.18. The summed E-state index contributed by atoms with van der Waals surface area (Å²) < 4.78 is 0. The molecular weight excluding hydrogens is 284 g/mol. The molecule has 0 radical (unpaired) electrons. The first kappa shape index (κ1) is 15.9. The van der Waals surface area contributed by atoms with Crippen LogP contribution in [-0.2, 0) is 4.79 Å². The predicted octanol–water partition coefficient (Wildman–Crippen LogP) is 4.52. The van der Waals surface area contributed by atoms with Crippen molar-refractivity contribution in [1.29, 1.82) is 0 Å². The molecule has 0 aromatic rings. The van der Waals surface area contributed by atoms with Crippen molar-refractivity contribution in [1.82, 2.24) is 0 Å². The third-order valence-corrected chi connectivity index (χ3v) is 8.62. The molecule has 0 bridgehead atoms. The van der Waals surface area contributed by atoms with Gasteiger partial charge in [0.05, 0.1) is 6.10 Å². The maximum Gasteiger partial charge on any atom is 0.155 e. The van der Waals surface area contributed by atoms with Crippen LogP contribution in [0.2, 0.25) is 0 Å². The van der Waals surface area contributed by atoms with Crippen LogP contribution in [0.25, 0.3) is 0 Å². The van der Waals surface area contributed by atoms with Gasteiger partial charge in [-0.1, -0.05) is 19.4 Å². The lowest BCUT2D eigenvalue weighted by Gasteiger charge is -2.58. The van der Waals surface area contributed by atoms with Gasteiger partial charge in [-0.25, -0.2) is 0 Å². The molecule has 23 heavy (non-hydrogen) atoms. The molecule has 2 nitrogen and oxygen atoms in total. The highest BCUT2D eigenvalue weighted by molar-refractivity contribution is 5.91. The lowest BCUT2D eigenvalue weighted by Crippen LogP contribution is -2.51. The topological polar surface area (TPSA) is 37.3 Å². The molecule has 0 aromatic carbocycles. The van der Waals surface area contributed by atoms with Crippen LogP contribution in [-0.4, -0.2) is 17.0 Å². The Bertz CT molecular complexity index is 548. The first-order chi connectivity index (χ1) is 10.9. The van der Waals surface area contributed by atoms with Crippen LogP contribution in [0.5, 0.6) is 0 Å². The minimum Gasteiger partial charge on any atom is -0.393 e. The zero-order valence-corrected chi connectivity index (χ0v) is 15.0. The lowest BCUT2D eigenvalue weighted by atomic mass is 9.46. The molecule has 128 valence electrons. The molecule has 3 saturated carbocycles. The van der Waals surface area contributed by atoms with Gasteiger partial charge in [-0.05, 0) is 92.4 Å². The third-order valence-electron chi connectivity index (χ3n) is 8.62. The maximum absolute atomic E-state index is 11.9. The van der Waals surface area contributed by atoms with Crippen molar-refractivity contribution in [2.75, 3.05) is 0 Å². The van der Waals surface area contributed by atoms with E-state index >= 15 is 0 Å². The molecule has 0 amide bonds. The van der Waals surface area contributed by atoms with Crippen molar-refractivity contribution < 1.29 is 9.90 Å². The average Bonchev–Trinajstić information content (AvgIpc) is 2.85. The van der Waals surface area contributed by atoms with Crippen LogP contribution < -0.4 is 0 Å². The normalized spacial score (nSPS) is 50.6. The van der Waals surface area contributed by atoms with Crippen LogP contribution in [0.1, 0.15) is 72.1 Å². The monoisotopic (exact) mass is 316 g/mol. The van der Waals surface area contributed by atoms with Gasteiger partial charge in [-0.3, -0.25) is 4.79 Å². The minimum atomic E-state index is -0.163. The fourth-order valence-corrected chi connectivity index (χ4v) is 7.39. The molecule has 2 heteroatoms. The van der Waals surface area contributed by atoms with Crippen molar-refractivity contribution in [3.63, 3.8) is 0 Å². The van der Waals surface area contributed by atoms with Crippen LogP contribution in [0.15, 0.2) is 11.6 Å². The fraction of sp³-hybridized carbons (Fsp3) is 0.857. The number of allylic oxidation sites excluding steroid dienone is 1. The second-order valence-corrected chi connectivity index (χ2v) is 9.44. The summed E-state index contributed by atoms with van der Waals surface area (Å²) in [6.45, 7) is 6.92. The van der Waals surface area contributed by atoms with Gasteiger partial charge in [0.25, 0.3) is 0 Å². The number of rotatable bonds is 1. The summed E-state index contributed by atoms with van der Waals surface area (Å²) in [7, 11) is 0. The van der Waals surface area contributed by atoms with E-state index < -0.39 is 0 Å². The summed E-state index contributed by atoms with van der Waals surface area (Å²) in [5.41, 5.74) is 2.09. The van der Waals surface area contributed by atoms with Crippen LogP contribution in [0, 0.1) is 34.5 Å². The molecule has 3 fully saturated rings. The predicted molar refractivity (Wildman–Crippen MR) is 91.9 cm³/mol. The average molecular weight is 316 g/mol. The Balaban J connectivity index is 1.66. The lowest BCUT2D eigenvalue weighted by molar-refractivity contribution is -0.117. The molecule has 0 aliphatic heterocycles. The number of aliphatic hydroxyl groups excluding tert-OH is 1. The number of hydrogen-bond acceptors (Lipinski definition) is 2. The molecule has 4 unspecified atom stereocenters. The Hall–Kier alpha value is -0.630. The van der Waals surface area contributed by atoms with Gasteiger partial charge < -0.3 is 5.11 Å². The van der Waals surface area contributed by atoms with Crippen molar-refractivity contribution in [3.05, 3.63) is 11.6 Å². The van der Waals surface area contributed by atoms with E-state index in [4.69, 9.17) is 0 Å². The molecule has 1 N–H and O–H groups in total. The number of carbonyl (C=O) groups is 1. The van der Waals surface area contributed by atoms with E-state index in [2.05, 4.69) is 13.8 Å². The summed E-state index contributed by atoms with van der Waals surface area (Å²) >= 11 is 0. The smallest absolute Gasteiger partial charge is 0.155 e. The summed E-state index contributed by atoms with van der Waals surface area (Å²) in [5.74, 6) is 3.21. The molecular formula is C21H32O2. The van der Waals surface area contributed by atoms with Crippen molar-refractivity contribution in [3.8, 4) is 0 Å². The Morgan fingerprint density at radius 1 is 1.09 bits per heavy atom. The largest absolute Gasteiger partial charge is 0.393 e. The first-order valence-electron chi connectivity index (χ1n) is 9.78. The molecule has 0 saturated heterocycles. The van der Waals surface area contributed by atoms with E-state index in [1.54, 1.807) is 0 Å². The van der Waals surface area contributed by atoms with E-state index in [0.29, 0.717) is 17.1 Å². The van der Waals surface area contributed by atoms with E-state index in [-0.39, 0.29) is 11.5 Å². The summed E-state index contributed by atoms with van der Waals surface area (Å²) in [6, 6.07) is 0. The van der Waals surface area contributed by atoms with Crippen molar-refractivity contribution in [2.24, 2.45) is 34.5 Å². The van der Waals surface area contributed by atoms with E-state index in [1.165, 1.54) is 37.7 Å². The highest BCUT2D eigenvalue weighted by Gasteiger charge is 2.59. The zero-order valence-electron chi connectivity index (χ0n) is 15.0. The number of ketones is 1. The highest BCUT2D eigenvalue weighted by Crippen LogP contribution is 2.66. The number of carbonyl (C=O) groups excluding carboxylic acids is 1. The van der Waals surface area contributed by atoms with Crippen LogP contribution in [0.3, 0.4) is 0 Å².